The third-order valence-corrected chi connectivity index (χ3v) is 32.6. The second-order valence-electron chi connectivity index (χ2n) is 29.6. The number of hydrogen-bond donors (Lipinski definition) is 0. The van der Waals surface area contributed by atoms with Crippen molar-refractivity contribution in [1.82, 2.24) is 43.0 Å². The fourth-order valence-corrected chi connectivity index (χ4v) is 27.4. The summed E-state index contributed by atoms with van der Waals surface area (Å²) in [5.74, 6) is 3.58. The van der Waals surface area contributed by atoms with E-state index in [1.807, 2.05) is 255 Å². The monoisotopic (exact) mass is 1580 g/mol. The minimum atomic E-state index is -3.38. The van der Waals surface area contributed by atoms with E-state index in [0.717, 1.165) is 207 Å². The van der Waals surface area contributed by atoms with Crippen molar-refractivity contribution in [2.45, 2.75) is 40.0 Å². The molecule has 20 aromatic rings. The average Bonchev–Trinajstić information content (AvgIpc) is 1.42. The number of aromatic nitrogens is 9. The molecular formula is C103H76N9O3P3. The van der Waals surface area contributed by atoms with Crippen molar-refractivity contribution in [2.24, 2.45) is 0 Å². The molecule has 0 aliphatic carbocycles. The van der Waals surface area contributed by atoms with Gasteiger partial charge in [0.25, 0.3) is 0 Å². The van der Waals surface area contributed by atoms with E-state index in [1.165, 1.54) is 0 Å². The van der Waals surface area contributed by atoms with Crippen molar-refractivity contribution in [2.75, 3.05) is 0 Å². The normalized spacial score (nSPS) is 16.6. The Kier molecular flexibility index (Phi) is 16.3. The van der Waals surface area contributed by atoms with Crippen LogP contribution < -0.4 is 47.7 Å². The van der Waals surface area contributed by atoms with Crippen molar-refractivity contribution < 1.29 is 20.5 Å². The van der Waals surface area contributed by atoms with Crippen LogP contribution in [0.2, 0.25) is 0 Å². The predicted molar refractivity (Wildman–Crippen MR) is 489 cm³/mol. The largest absolute Gasteiger partial charge is 0.308 e. The first-order valence-corrected chi connectivity index (χ1v) is 44.8. The summed E-state index contributed by atoms with van der Waals surface area (Å²) in [5, 5.41) is 8.36. The van der Waals surface area contributed by atoms with Gasteiger partial charge in [-0.25, -0.2) is 24.9 Å². The Morgan fingerprint density at radius 3 is 1.21 bits per heavy atom. The molecule has 3 atom stereocenters. The van der Waals surface area contributed by atoms with Crippen molar-refractivity contribution in [1.29, 1.82) is 0 Å². The molecule has 0 spiro atoms. The van der Waals surface area contributed by atoms with Gasteiger partial charge >= 0.3 is 0 Å². The van der Waals surface area contributed by atoms with Gasteiger partial charge in [-0.1, -0.05) is 306 Å². The lowest BCUT2D eigenvalue weighted by atomic mass is 9.98. The van der Waals surface area contributed by atoms with Crippen LogP contribution in [0.4, 0.5) is 0 Å². The summed E-state index contributed by atoms with van der Waals surface area (Å²) in [5.41, 5.74) is 19.0. The molecule has 0 amide bonds. The summed E-state index contributed by atoms with van der Waals surface area (Å²) < 4.78 is 96.6. The summed E-state index contributed by atoms with van der Waals surface area (Å²) >= 11 is 0. The highest BCUT2D eigenvalue weighted by atomic mass is 31.2. The van der Waals surface area contributed by atoms with Crippen molar-refractivity contribution in [3.63, 3.8) is 0 Å². The van der Waals surface area contributed by atoms with Crippen molar-refractivity contribution in [3.8, 4) is 61.8 Å². The summed E-state index contributed by atoms with van der Waals surface area (Å²) in [6.45, 7) is 6.33. The van der Waals surface area contributed by atoms with Gasteiger partial charge in [-0.05, 0) is 129 Å². The maximum atomic E-state index is 16.1. The molecule has 0 bridgehead atoms. The summed E-state index contributed by atoms with van der Waals surface area (Å²) in [7, 11) is -9.83. The van der Waals surface area contributed by atoms with Crippen LogP contribution in [0, 0.1) is 0 Å². The zero-order valence-corrected chi connectivity index (χ0v) is 67.2. The Bertz CT molecular complexity index is 7900. The van der Waals surface area contributed by atoms with E-state index in [4.69, 9.17) is 31.8 Å². The lowest BCUT2D eigenvalue weighted by Crippen LogP contribution is -2.34. The average molecular weight is 1590 g/mol. The molecule has 118 heavy (non-hydrogen) atoms. The number of hydrogen-bond acceptors (Lipinski definition) is 8. The molecule has 3 aliphatic rings. The van der Waals surface area contributed by atoms with Gasteiger partial charge in [-0.2, -0.15) is 0 Å². The van der Waals surface area contributed by atoms with Gasteiger partial charge in [-0.3, -0.25) is 18.1 Å². The molecular weight excluding hydrogens is 1500 g/mol. The van der Waals surface area contributed by atoms with Crippen LogP contribution in [0.25, 0.3) is 135 Å². The summed E-state index contributed by atoms with van der Waals surface area (Å²) in [6.07, 6.45) is 6.47. The third kappa shape index (κ3) is 11.3. The van der Waals surface area contributed by atoms with E-state index in [-0.39, 0.29) is 29.7 Å². The van der Waals surface area contributed by atoms with Gasteiger partial charge in [0, 0.05) is 62.0 Å². The Hall–Kier alpha value is -13.7. The Balaban J connectivity index is 0.000000115. The van der Waals surface area contributed by atoms with Crippen molar-refractivity contribution >= 4 is 142 Å². The Morgan fingerprint density at radius 1 is 0.322 bits per heavy atom. The molecule has 12 nitrogen and oxygen atoms in total. The molecule has 3 aliphatic heterocycles. The highest BCUT2D eigenvalue weighted by Crippen LogP contribution is 2.55. The fourth-order valence-electron chi connectivity index (χ4n) is 17.8. The van der Waals surface area contributed by atoms with Crippen LogP contribution in [0.1, 0.15) is 56.2 Å². The maximum Gasteiger partial charge on any atom is 0.175 e. The number of para-hydroxylation sites is 6. The molecule has 23 rings (SSSR count). The predicted octanol–water partition coefficient (Wildman–Crippen LogP) is 20.8. The zero-order valence-electron chi connectivity index (χ0n) is 69.5. The van der Waals surface area contributed by atoms with Gasteiger partial charge in [0.2, 0.25) is 0 Å². The second kappa shape index (κ2) is 28.9. The summed E-state index contributed by atoms with van der Waals surface area (Å²) in [6, 6.07) is 106. The van der Waals surface area contributed by atoms with E-state index in [1.54, 1.807) is 12.1 Å². The molecule has 0 N–H and O–H groups in total. The molecule has 0 fully saturated rings. The second-order valence-corrected chi connectivity index (χ2v) is 37.6. The third-order valence-electron chi connectivity index (χ3n) is 23.1. The quantitative estimate of drug-likeness (QED) is 0.0872. The first kappa shape index (κ1) is 66.6. The highest BCUT2D eigenvalue weighted by Gasteiger charge is 2.45. The first-order chi connectivity index (χ1) is 60.1. The zero-order chi connectivity index (χ0) is 83.7. The van der Waals surface area contributed by atoms with Gasteiger partial charge in [0.15, 0.2) is 21.4 Å². The van der Waals surface area contributed by atoms with E-state index < -0.39 is 27.5 Å². The van der Waals surface area contributed by atoms with E-state index >= 15 is 13.7 Å². The molecule has 566 valence electrons. The Labute approximate surface area is 689 Å². The van der Waals surface area contributed by atoms with Crippen LogP contribution in [0.3, 0.4) is 0 Å². The SMILES string of the molecule is CCc1nc2ccc(-c3nc4ccccc4c4nc5ccccc5n34)c3c2n1-c1ccccc1P3(=O)c1ccccc1.CCc1nc2ccc(/C=C/c3ccccc3)c3c2n1-c1ccccc1P3(=O)c1ccccc1.[2H]c1c([2H])c([2H])c(-c2ccc(-c3ccc(-c4ccc5nc(CC)n6c5c4P(=O)(c4ccccc4)c4ccccc4-6)cc3)cc2)c([2H])c1[2H]. The Morgan fingerprint density at radius 2 is 0.712 bits per heavy atom. The molecule has 0 radical (unpaired) electrons. The van der Waals surface area contributed by atoms with Gasteiger partial charge in [0.05, 0.1) is 89.5 Å². The molecule has 5 aromatic heterocycles. The van der Waals surface area contributed by atoms with Crippen LogP contribution in [-0.4, -0.2) is 43.0 Å². The lowest BCUT2D eigenvalue weighted by molar-refractivity contribution is 0.591. The number of benzene rings is 15. The standard InChI is InChI=1S/C39H29N2OP.C35H24N5OP.C29H23N2OP/c1-2-37-40-34-26-25-33(31-23-21-30(22-24-31)29-19-17-28(18-20-29)27-11-5-3-6-12-27)39-38(34)41(37)35-15-9-10-16-36(35)43(39,42)32-13-7-4-8-14-32;1-2-31-36-27-21-20-24(35-37-25-15-7-6-14-23(25)34-38-26-16-8-9-17-28(26)40(34)35)33-32(27)39(31)29-18-10-11-19-30(29)42(33,41)22-12-4-3-5-13-22;1-2-27-30-24-20-19-22(18-17-21-11-5-3-6-12-21)29-28(24)31(27)25-15-9-10-16-26(25)33(29,32)23-13-7-4-8-14-23/h3-26H,2H2,1H3;3-21H,2H2,1H3;3-20H,2H2,1H3/b;;18-17+/i3D,5D,6D,11D,12D;;. The smallest absolute Gasteiger partial charge is 0.175 e. The number of nitrogens with zero attached hydrogens (tertiary/aromatic N) is 9. The lowest BCUT2D eigenvalue weighted by Gasteiger charge is -2.31. The minimum Gasteiger partial charge on any atom is -0.308 e. The molecule has 8 heterocycles. The first-order valence-electron chi connectivity index (χ1n) is 42.2. The fraction of sp³-hybridized carbons (Fsp3) is 0.0583. The van der Waals surface area contributed by atoms with Crippen LogP contribution >= 0.6 is 21.4 Å². The van der Waals surface area contributed by atoms with E-state index in [9.17, 15) is 0 Å². The van der Waals surface area contributed by atoms with Crippen LogP contribution in [0.15, 0.2) is 358 Å². The van der Waals surface area contributed by atoms with Gasteiger partial charge < -0.3 is 13.7 Å². The van der Waals surface area contributed by atoms with E-state index in [2.05, 4.69) is 112 Å². The van der Waals surface area contributed by atoms with Gasteiger partial charge in [0.1, 0.15) is 28.9 Å². The minimum absolute atomic E-state index is 0.183. The maximum absolute atomic E-state index is 16.1. The molecule has 15 heteroatoms. The molecule has 0 saturated carbocycles. The number of rotatable bonds is 12. The summed E-state index contributed by atoms with van der Waals surface area (Å²) in [4.78, 5) is 25.3. The molecule has 15 aromatic carbocycles. The number of aryl methyl sites for hydroxylation is 3. The van der Waals surface area contributed by atoms with Crippen molar-refractivity contribution in [3.05, 3.63) is 386 Å². The van der Waals surface area contributed by atoms with Crippen LogP contribution in [0.5, 0.6) is 0 Å². The van der Waals surface area contributed by atoms with E-state index in [0.29, 0.717) is 5.56 Å². The number of imidazole rings is 4. The van der Waals surface area contributed by atoms with Crippen LogP contribution in [-0.2, 0) is 33.0 Å². The molecule has 0 saturated heterocycles. The molecule has 3 unspecified atom stereocenters. The highest BCUT2D eigenvalue weighted by molar-refractivity contribution is 7.87. The topological polar surface area (TPSA) is 135 Å². The number of fused-ring (bicyclic) bond motifs is 11. The van der Waals surface area contributed by atoms with Gasteiger partial charge in [-0.15, -0.1) is 0 Å².